The molecular formula is C18H22F3N3O. The predicted molar refractivity (Wildman–Crippen MR) is 93.8 cm³/mol. The van der Waals surface area contributed by atoms with Crippen LogP contribution in [-0.4, -0.2) is 5.11 Å². The molecule has 0 heterocycles. The number of nitrogens with zero attached hydrogens (tertiary/aromatic N) is 1. The third-order valence-electron chi connectivity index (χ3n) is 2.75. The van der Waals surface area contributed by atoms with E-state index < -0.39 is 11.7 Å². The standard InChI is InChI=1S/C8H7F3.C7H7N3O.C3H8/c1-6-2-4-7(5-3-6)8(9,10)11;8-3-4-1-2-5(9)6(10)7(4)11;1-3-2/h2-5H,1H3;1-2,11H,9-10H2;3H2,1-2H3. The maximum absolute atomic E-state index is 11.9. The van der Waals surface area contributed by atoms with Crippen LogP contribution in [0.5, 0.6) is 5.75 Å². The Kier molecular flexibility index (Phi) is 8.92. The van der Waals surface area contributed by atoms with Crippen LogP contribution < -0.4 is 11.5 Å². The van der Waals surface area contributed by atoms with Crippen molar-refractivity contribution in [3.05, 3.63) is 53.1 Å². The highest BCUT2D eigenvalue weighted by molar-refractivity contribution is 5.74. The van der Waals surface area contributed by atoms with E-state index in [1.165, 1.54) is 30.7 Å². The summed E-state index contributed by atoms with van der Waals surface area (Å²) < 4.78 is 35.8. The molecule has 0 fully saturated rings. The van der Waals surface area contributed by atoms with Gasteiger partial charge in [-0.15, -0.1) is 0 Å². The summed E-state index contributed by atoms with van der Waals surface area (Å²) >= 11 is 0. The van der Waals surface area contributed by atoms with E-state index in [1.807, 2.05) is 0 Å². The van der Waals surface area contributed by atoms with Crippen LogP contribution in [0.1, 0.15) is 37.0 Å². The van der Waals surface area contributed by atoms with Crippen LogP contribution in [0, 0.1) is 18.3 Å². The Labute approximate surface area is 145 Å². The maximum atomic E-state index is 11.9. The van der Waals surface area contributed by atoms with Gasteiger partial charge in [0.25, 0.3) is 0 Å². The van der Waals surface area contributed by atoms with E-state index in [4.69, 9.17) is 21.8 Å². The number of benzene rings is 2. The Morgan fingerprint density at radius 2 is 1.52 bits per heavy atom. The van der Waals surface area contributed by atoms with Gasteiger partial charge in [0, 0.05) is 0 Å². The second-order valence-corrected chi connectivity index (χ2v) is 5.15. The van der Waals surface area contributed by atoms with Gasteiger partial charge in [-0.2, -0.15) is 18.4 Å². The molecule has 0 bridgehead atoms. The summed E-state index contributed by atoms with van der Waals surface area (Å²) in [5, 5.41) is 17.6. The van der Waals surface area contributed by atoms with Crippen molar-refractivity contribution < 1.29 is 18.3 Å². The zero-order valence-corrected chi connectivity index (χ0v) is 14.4. The number of nitrogen functional groups attached to an aromatic ring is 2. The quantitative estimate of drug-likeness (QED) is 0.465. The maximum Gasteiger partial charge on any atom is 0.416 e. The molecule has 2 aromatic rings. The highest BCUT2D eigenvalue weighted by atomic mass is 19.4. The molecule has 2 aromatic carbocycles. The molecule has 0 spiro atoms. The first-order chi connectivity index (χ1) is 11.6. The van der Waals surface area contributed by atoms with Gasteiger partial charge in [-0.3, -0.25) is 0 Å². The van der Waals surface area contributed by atoms with E-state index in [2.05, 4.69) is 13.8 Å². The molecule has 7 heteroatoms. The minimum Gasteiger partial charge on any atom is -0.504 e. The number of hydrogen-bond acceptors (Lipinski definition) is 4. The third-order valence-corrected chi connectivity index (χ3v) is 2.75. The first kappa shape index (κ1) is 22.1. The average Bonchev–Trinajstić information content (AvgIpc) is 2.54. The lowest BCUT2D eigenvalue weighted by molar-refractivity contribution is -0.137. The number of aromatic hydroxyl groups is 1. The summed E-state index contributed by atoms with van der Waals surface area (Å²) in [6.45, 7) is 6.00. The Balaban J connectivity index is 0.000000399. The monoisotopic (exact) mass is 353 g/mol. The van der Waals surface area contributed by atoms with Crippen molar-refractivity contribution >= 4 is 11.4 Å². The lowest BCUT2D eigenvalue weighted by Gasteiger charge is -2.05. The molecule has 0 unspecified atom stereocenters. The Bertz CT molecular complexity index is 705. The third kappa shape index (κ3) is 7.48. The lowest BCUT2D eigenvalue weighted by Crippen LogP contribution is -2.03. The van der Waals surface area contributed by atoms with Gasteiger partial charge in [0.15, 0.2) is 5.75 Å². The summed E-state index contributed by atoms with van der Waals surface area (Å²) in [5.74, 6) is -0.243. The minimum atomic E-state index is -4.21. The molecule has 0 aliphatic rings. The molecule has 0 saturated carbocycles. The van der Waals surface area contributed by atoms with Crippen LogP contribution in [0.2, 0.25) is 0 Å². The van der Waals surface area contributed by atoms with Gasteiger partial charge in [0.2, 0.25) is 0 Å². The molecule has 0 aromatic heterocycles. The van der Waals surface area contributed by atoms with Gasteiger partial charge >= 0.3 is 6.18 Å². The summed E-state index contributed by atoms with van der Waals surface area (Å²) in [6.07, 6.45) is -2.96. The second kappa shape index (κ2) is 10.1. The number of halogens is 3. The van der Waals surface area contributed by atoms with E-state index in [9.17, 15) is 13.2 Å². The van der Waals surface area contributed by atoms with Crippen molar-refractivity contribution in [3.63, 3.8) is 0 Å². The minimum absolute atomic E-state index is 0.0593. The van der Waals surface area contributed by atoms with E-state index in [1.54, 1.807) is 13.0 Å². The molecule has 136 valence electrons. The van der Waals surface area contributed by atoms with Gasteiger partial charge in [-0.05, 0) is 31.2 Å². The van der Waals surface area contributed by atoms with Crippen molar-refractivity contribution in [1.29, 1.82) is 5.26 Å². The van der Waals surface area contributed by atoms with Crippen LogP contribution >= 0.6 is 0 Å². The van der Waals surface area contributed by atoms with Crippen molar-refractivity contribution in [3.8, 4) is 11.8 Å². The molecule has 0 amide bonds. The number of nitrogens with two attached hydrogens (primary N) is 2. The van der Waals surface area contributed by atoms with Crippen LogP contribution in [0.4, 0.5) is 24.5 Å². The van der Waals surface area contributed by atoms with Crippen LogP contribution in [0.15, 0.2) is 36.4 Å². The molecule has 0 aliphatic carbocycles. The summed E-state index contributed by atoms with van der Waals surface area (Å²) in [7, 11) is 0. The van der Waals surface area contributed by atoms with Crippen molar-refractivity contribution in [2.45, 2.75) is 33.4 Å². The van der Waals surface area contributed by atoms with Gasteiger partial charge < -0.3 is 16.6 Å². The highest BCUT2D eigenvalue weighted by Crippen LogP contribution is 2.29. The number of alkyl halides is 3. The number of nitriles is 1. The fraction of sp³-hybridized carbons (Fsp3) is 0.278. The lowest BCUT2D eigenvalue weighted by atomic mass is 10.1. The van der Waals surface area contributed by atoms with Gasteiger partial charge in [0.05, 0.1) is 22.5 Å². The van der Waals surface area contributed by atoms with E-state index in [0.717, 1.165) is 17.7 Å². The molecule has 0 atom stereocenters. The molecule has 25 heavy (non-hydrogen) atoms. The van der Waals surface area contributed by atoms with E-state index >= 15 is 0 Å². The summed E-state index contributed by atoms with van der Waals surface area (Å²) in [4.78, 5) is 0. The average molecular weight is 353 g/mol. The van der Waals surface area contributed by atoms with Crippen LogP contribution in [0.25, 0.3) is 0 Å². The molecule has 2 rings (SSSR count). The number of rotatable bonds is 0. The molecule has 5 N–H and O–H groups in total. The number of aryl methyl sites for hydroxylation is 1. The Morgan fingerprint density at radius 3 is 1.92 bits per heavy atom. The van der Waals surface area contributed by atoms with E-state index in [-0.39, 0.29) is 22.7 Å². The first-order valence-corrected chi connectivity index (χ1v) is 7.49. The Hall–Kier alpha value is -2.88. The Morgan fingerprint density at radius 1 is 1.04 bits per heavy atom. The van der Waals surface area contributed by atoms with Crippen molar-refractivity contribution in [1.82, 2.24) is 0 Å². The molecule has 0 radical (unpaired) electrons. The van der Waals surface area contributed by atoms with Crippen molar-refractivity contribution in [2.75, 3.05) is 11.5 Å². The normalized spacial score (nSPS) is 9.80. The first-order valence-electron chi connectivity index (χ1n) is 7.49. The summed E-state index contributed by atoms with van der Waals surface area (Å²) in [5.41, 5.74) is 11.4. The van der Waals surface area contributed by atoms with E-state index in [0.29, 0.717) is 0 Å². The smallest absolute Gasteiger partial charge is 0.416 e. The highest BCUT2D eigenvalue weighted by Gasteiger charge is 2.29. The summed E-state index contributed by atoms with van der Waals surface area (Å²) in [6, 6.07) is 9.73. The number of phenols is 1. The van der Waals surface area contributed by atoms with Gasteiger partial charge in [-0.1, -0.05) is 38.0 Å². The molecular weight excluding hydrogens is 331 g/mol. The van der Waals surface area contributed by atoms with Crippen molar-refractivity contribution in [2.24, 2.45) is 0 Å². The second-order valence-electron chi connectivity index (χ2n) is 5.15. The number of phenolic OH excluding ortho intramolecular Hbond substituents is 1. The molecule has 0 aliphatic heterocycles. The van der Waals surface area contributed by atoms with Crippen LogP contribution in [0.3, 0.4) is 0 Å². The zero-order chi connectivity index (χ0) is 19.6. The van der Waals surface area contributed by atoms with Crippen LogP contribution in [-0.2, 0) is 6.18 Å². The fourth-order valence-electron chi connectivity index (χ4n) is 1.46. The largest absolute Gasteiger partial charge is 0.504 e. The number of anilines is 2. The van der Waals surface area contributed by atoms with Gasteiger partial charge in [-0.25, -0.2) is 0 Å². The SMILES string of the molecule is CCC.Cc1ccc(C(F)(F)F)cc1.N#Cc1ccc(N)c(N)c1O. The number of hydrogen-bond donors (Lipinski definition) is 3. The molecule has 0 saturated heterocycles. The topological polar surface area (TPSA) is 96.1 Å². The molecule has 4 nitrogen and oxygen atoms in total. The zero-order valence-electron chi connectivity index (χ0n) is 14.4. The van der Waals surface area contributed by atoms with Gasteiger partial charge in [0.1, 0.15) is 6.07 Å². The fourth-order valence-corrected chi connectivity index (χ4v) is 1.46. The predicted octanol–water partition coefficient (Wildman–Crippen LogP) is 4.86.